The quantitative estimate of drug-likeness (QED) is 0.495. The predicted octanol–water partition coefficient (Wildman–Crippen LogP) is 2.83. The monoisotopic (exact) mass is 521 g/mol. The van der Waals surface area contributed by atoms with Gasteiger partial charge in [0.15, 0.2) is 0 Å². The van der Waals surface area contributed by atoms with Gasteiger partial charge in [0.25, 0.3) is 10.0 Å². The number of nitrogens with zero attached hydrogens (tertiary/aromatic N) is 2. The summed E-state index contributed by atoms with van der Waals surface area (Å²) in [6, 6.07) is 5.65. The van der Waals surface area contributed by atoms with Crippen molar-refractivity contribution in [2.75, 3.05) is 36.9 Å². The molecule has 0 amide bonds. The molecule has 0 saturated carbocycles. The van der Waals surface area contributed by atoms with E-state index in [1.807, 2.05) is 4.90 Å². The van der Waals surface area contributed by atoms with Crippen LogP contribution in [0.3, 0.4) is 0 Å². The van der Waals surface area contributed by atoms with Gasteiger partial charge in [0.05, 0.1) is 26.1 Å². The van der Waals surface area contributed by atoms with E-state index in [4.69, 9.17) is 19.4 Å². The number of benzene rings is 1. The Morgan fingerprint density at radius 1 is 1.09 bits per heavy atom. The number of carboxylic acids is 2. The maximum Gasteiger partial charge on any atom is 0.490 e. The standard InChI is InChI=1S/C18H21N3O6S.C2HF3O2/c1-26-13-5-6-15(27-2)16(10-13)28(24,25)20-12-9-14(18(22)23)17(19-11-12)21-7-3-4-8-21;3-2(4,5)1(6)7/h5-6,9-11,20H,3-4,7-8H2,1-2H3,(H,22,23);(H,6,7). The molecule has 0 unspecified atom stereocenters. The summed E-state index contributed by atoms with van der Waals surface area (Å²) in [6.07, 6.45) is -1.85. The van der Waals surface area contributed by atoms with Crippen LogP contribution in [-0.2, 0) is 14.8 Å². The minimum absolute atomic E-state index is 0.0465. The lowest BCUT2D eigenvalue weighted by atomic mass is 10.2. The third-order valence-corrected chi connectivity index (χ3v) is 6.06. The Morgan fingerprint density at radius 2 is 1.69 bits per heavy atom. The Hall–Kier alpha value is -3.75. The molecule has 1 aromatic carbocycles. The summed E-state index contributed by atoms with van der Waals surface area (Å²) in [5, 5.41) is 16.7. The number of nitrogens with one attached hydrogen (secondary N) is 1. The summed E-state index contributed by atoms with van der Waals surface area (Å²) in [5.74, 6) is -3.11. The van der Waals surface area contributed by atoms with Crippen molar-refractivity contribution in [3.8, 4) is 11.5 Å². The zero-order chi connectivity index (χ0) is 26.4. The van der Waals surface area contributed by atoms with Crippen molar-refractivity contribution in [2.24, 2.45) is 0 Å². The van der Waals surface area contributed by atoms with E-state index in [1.54, 1.807) is 6.07 Å². The third-order valence-electron chi connectivity index (χ3n) is 4.66. The number of halogens is 3. The lowest BCUT2D eigenvalue weighted by Gasteiger charge is -2.19. The first-order valence-electron chi connectivity index (χ1n) is 9.83. The largest absolute Gasteiger partial charge is 0.497 e. The Bertz CT molecular complexity index is 1180. The van der Waals surface area contributed by atoms with Crippen LogP contribution in [0, 0.1) is 0 Å². The fourth-order valence-electron chi connectivity index (χ4n) is 3.06. The second kappa shape index (κ2) is 11.1. The van der Waals surface area contributed by atoms with Crippen LogP contribution in [0.4, 0.5) is 24.7 Å². The van der Waals surface area contributed by atoms with E-state index in [2.05, 4.69) is 9.71 Å². The van der Waals surface area contributed by atoms with E-state index in [0.717, 1.165) is 25.9 Å². The van der Waals surface area contributed by atoms with E-state index >= 15 is 0 Å². The number of carboxylic acid groups (broad SMARTS) is 2. The number of pyridine rings is 1. The van der Waals surface area contributed by atoms with Crippen molar-refractivity contribution in [1.82, 2.24) is 4.98 Å². The summed E-state index contributed by atoms with van der Waals surface area (Å²) in [7, 11) is -1.29. The van der Waals surface area contributed by atoms with Crippen molar-refractivity contribution < 1.29 is 50.9 Å². The number of rotatable bonds is 7. The number of carbonyl (C=O) groups is 2. The number of alkyl halides is 3. The molecule has 1 fully saturated rings. The second-order valence-electron chi connectivity index (χ2n) is 7.02. The number of methoxy groups -OCH3 is 2. The van der Waals surface area contributed by atoms with Gasteiger partial charge >= 0.3 is 18.1 Å². The Balaban J connectivity index is 0.000000540. The van der Waals surface area contributed by atoms with Crippen LogP contribution in [0.25, 0.3) is 0 Å². The lowest BCUT2D eigenvalue weighted by Crippen LogP contribution is -2.22. The molecule has 2 aromatic rings. The summed E-state index contributed by atoms with van der Waals surface area (Å²) < 4.78 is 70.0. The molecule has 0 aliphatic carbocycles. The van der Waals surface area contributed by atoms with Gasteiger partial charge in [-0.1, -0.05) is 0 Å². The van der Waals surface area contributed by atoms with Crippen molar-refractivity contribution in [3.63, 3.8) is 0 Å². The number of ether oxygens (including phenoxy) is 2. The van der Waals surface area contributed by atoms with Crippen LogP contribution in [0.1, 0.15) is 23.2 Å². The lowest BCUT2D eigenvalue weighted by molar-refractivity contribution is -0.192. The average molecular weight is 521 g/mol. The van der Waals surface area contributed by atoms with Crippen LogP contribution in [0.2, 0.25) is 0 Å². The SMILES string of the molecule is COc1ccc(OC)c(S(=O)(=O)Nc2cnc(N3CCCC3)c(C(=O)O)c2)c1.O=C(O)C(F)(F)F. The van der Waals surface area contributed by atoms with Crippen LogP contribution in [-0.4, -0.2) is 69.0 Å². The number of aliphatic carboxylic acids is 1. The number of sulfonamides is 1. The molecule has 2 heterocycles. The maximum atomic E-state index is 12.8. The molecule has 3 N–H and O–H groups in total. The van der Waals surface area contributed by atoms with Gasteiger partial charge in [0, 0.05) is 19.2 Å². The molecule has 1 aromatic heterocycles. The summed E-state index contributed by atoms with van der Waals surface area (Å²) in [6.45, 7) is 1.44. The van der Waals surface area contributed by atoms with E-state index in [0.29, 0.717) is 11.6 Å². The highest BCUT2D eigenvalue weighted by Crippen LogP contribution is 2.31. The second-order valence-corrected chi connectivity index (χ2v) is 8.67. The van der Waals surface area contributed by atoms with Gasteiger partial charge in [-0.15, -0.1) is 0 Å². The smallest absolute Gasteiger partial charge is 0.490 e. The minimum atomic E-state index is -5.08. The molecule has 11 nitrogen and oxygen atoms in total. The number of anilines is 2. The van der Waals surface area contributed by atoms with Gasteiger partial charge in [-0.05, 0) is 31.0 Å². The highest BCUT2D eigenvalue weighted by molar-refractivity contribution is 7.92. The summed E-state index contributed by atoms with van der Waals surface area (Å²) >= 11 is 0. The van der Waals surface area contributed by atoms with Crippen LogP contribution in [0.15, 0.2) is 35.4 Å². The van der Waals surface area contributed by atoms with Gasteiger partial charge in [-0.2, -0.15) is 13.2 Å². The molecule has 1 aliphatic heterocycles. The average Bonchev–Trinajstić information content (AvgIpc) is 3.32. The molecule has 192 valence electrons. The first kappa shape index (κ1) is 27.5. The van der Waals surface area contributed by atoms with Gasteiger partial charge < -0.3 is 24.6 Å². The highest BCUT2D eigenvalue weighted by atomic mass is 32.2. The Labute approximate surface area is 198 Å². The molecular formula is C20H22F3N3O8S. The first-order chi connectivity index (χ1) is 16.3. The minimum Gasteiger partial charge on any atom is -0.497 e. The molecule has 0 bridgehead atoms. The first-order valence-corrected chi connectivity index (χ1v) is 11.3. The molecule has 1 saturated heterocycles. The van der Waals surface area contributed by atoms with Crippen molar-refractivity contribution in [2.45, 2.75) is 23.9 Å². The van der Waals surface area contributed by atoms with Gasteiger partial charge in [0.1, 0.15) is 27.8 Å². The van der Waals surface area contributed by atoms with E-state index < -0.39 is 28.1 Å². The maximum absolute atomic E-state index is 12.8. The normalized spacial score (nSPS) is 13.5. The fourth-order valence-corrected chi connectivity index (χ4v) is 4.28. The van der Waals surface area contributed by atoms with Crippen LogP contribution >= 0.6 is 0 Å². The molecule has 0 spiro atoms. The zero-order valence-corrected chi connectivity index (χ0v) is 19.3. The molecule has 3 rings (SSSR count). The molecule has 0 atom stereocenters. The van der Waals surface area contributed by atoms with Gasteiger partial charge in [-0.3, -0.25) is 4.72 Å². The zero-order valence-electron chi connectivity index (χ0n) is 18.5. The molecule has 35 heavy (non-hydrogen) atoms. The van der Waals surface area contributed by atoms with Crippen molar-refractivity contribution >= 4 is 33.5 Å². The molecule has 15 heteroatoms. The fraction of sp³-hybridized carbons (Fsp3) is 0.350. The highest BCUT2D eigenvalue weighted by Gasteiger charge is 2.38. The Morgan fingerprint density at radius 3 is 2.17 bits per heavy atom. The van der Waals surface area contributed by atoms with Crippen molar-refractivity contribution in [3.05, 3.63) is 36.0 Å². The van der Waals surface area contributed by atoms with E-state index in [-0.39, 0.29) is 21.9 Å². The third kappa shape index (κ3) is 7.11. The topological polar surface area (TPSA) is 155 Å². The molecular weight excluding hydrogens is 499 g/mol. The van der Waals surface area contributed by atoms with Crippen molar-refractivity contribution in [1.29, 1.82) is 0 Å². The van der Waals surface area contributed by atoms with Crippen LogP contribution < -0.4 is 19.1 Å². The number of hydrogen-bond acceptors (Lipinski definition) is 8. The van der Waals surface area contributed by atoms with Gasteiger partial charge in [0.2, 0.25) is 0 Å². The van der Waals surface area contributed by atoms with E-state index in [1.165, 1.54) is 38.6 Å². The predicted molar refractivity (Wildman–Crippen MR) is 117 cm³/mol. The number of aromatic carboxylic acids is 1. The Kier molecular flexibility index (Phi) is 8.73. The summed E-state index contributed by atoms with van der Waals surface area (Å²) in [5.41, 5.74) is -0.00933. The van der Waals surface area contributed by atoms with Crippen LogP contribution in [0.5, 0.6) is 11.5 Å². The number of aromatic nitrogens is 1. The number of hydrogen-bond donors (Lipinski definition) is 3. The van der Waals surface area contributed by atoms with Gasteiger partial charge in [-0.25, -0.2) is 23.0 Å². The molecule has 1 aliphatic rings. The molecule has 0 radical (unpaired) electrons. The van der Waals surface area contributed by atoms with E-state index in [9.17, 15) is 31.5 Å². The summed E-state index contributed by atoms with van der Waals surface area (Å²) in [4.78, 5) is 26.5.